The minimum Gasteiger partial charge on any atom is -0.355 e. The van der Waals surface area contributed by atoms with Crippen molar-refractivity contribution in [3.05, 3.63) is 33.5 Å². The number of nitrogens with one attached hydrogen (secondary N) is 1. The summed E-state index contributed by atoms with van der Waals surface area (Å²) < 4.78 is 0. The first-order chi connectivity index (χ1) is 13.7. The van der Waals surface area contributed by atoms with Crippen LogP contribution >= 0.6 is 22.7 Å². The average Bonchev–Trinajstić information content (AvgIpc) is 3.44. The fourth-order valence-electron chi connectivity index (χ4n) is 3.81. The summed E-state index contributed by atoms with van der Waals surface area (Å²) in [4.78, 5) is 34.2. The fraction of sp³-hybridized carbons (Fsp3) is 0.550. The number of carbonyl (C=O) groups excluding carboxylic acids is 2. The molecule has 0 saturated carbocycles. The molecule has 0 atom stereocenters. The molecule has 6 nitrogen and oxygen atoms in total. The quantitative estimate of drug-likeness (QED) is 0.751. The molecule has 8 heteroatoms. The second kappa shape index (κ2) is 9.15. The summed E-state index contributed by atoms with van der Waals surface area (Å²) in [7, 11) is 0. The number of amides is 2. The van der Waals surface area contributed by atoms with Gasteiger partial charge in [-0.1, -0.05) is 6.07 Å². The number of piperidine rings is 1. The molecular weight excluding hydrogens is 392 g/mol. The van der Waals surface area contributed by atoms with Gasteiger partial charge in [0.15, 0.2) is 5.13 Å². The van der Waals surface area contributed by atoms with E-state index in [1.165, 1.54) is 16.2 Å². The van der Waals surface area contributed by atoms with Crippen LogP contribution < -0.4 is 10.2 Å². The summed E-state index contributed by atoms with van der Waals surface area (Å²) in [5, 5.41) is 7.83. The van der Waals surface area contributed by atoms with Crippen molar-refractivity contribution in [3.8, 4) is 0 Å². The Labute approximate surface area is 173 Å². The van der Waals surface area contributed by atoms with Crippen LogP contribution in [0.5, 0.6) is 0 Å². The molecule has 2 amide bonds. The molecule has 2 aliphatic heterocycles. The van der Waals surface area contributed by atoms with E-state index in [1.54, 1.807) is 4.90 Å². The van der Waals surface area contributed by atoms with Gasteiger partial charge in [0.05, 0.1) is 12.1 Å². The second-order valence-electron chi connectivity index (χ2n) is 7.55. The smallest absolute Gasteiger partial charge is 0.228 e. The zero-order chi connectivity index (χ0) is 19.3. The monoisotopic (exact) mass is 418 g/mol. The van der Waals surface area contributed by atoms with Crippen molar-refractivity contribution >= 4 is 39.6 Å². The molecule has 2 aromatic heterocycles. The van der Waals surface area contributed by atoms with E-state index >= 15 is 0 Å². The highest BCUT2D eigenvalue weighted by Crippen LogP contribution is 2.25. The number of anilines is 1. The van der Waals surface area contributed by atoms with Gasteiger partial charge >= 0.3 is 0 Å². The van der Waals surface area contributed by atoms with Crippen molar-refractivity contribution in [3.63, 3.8) is 0 Å². The molecule has 150 valence electrons. The van der Waals surface area contributed by atoms with Gasteiger partial charge in [-0.05, 0) is 49.7 Å². The lowest BCUT2D eigenvalue weighted by Crippen LogP contribution is -2.38. The molecule has 0 unspecified atom stereocenters. The molecule has 2 fully saturated rings. The first-order valence-corrected chi connectivity index (χ1v) is 11.7. The molecule has 0 aromatic carbocycles. The number of hydrogen-bond donors (Lipinski definition) is 1. The second-order valence-corrected chi connectivity index (χ2v) is 9.42. The number of carbonyl (C=O) groups is 2. The minimum absolute atomic E-state index is 0.0191. The standard InChI is InChI=1S/C20H26N4O2S2/c25-18(11-16-14-28-20(22-16)24-7-1-4-19(24)26)21-12-15-5-8-23(9-6-15)13-17-3-2-10-27-17/h2-3,10,14-15H,1,4-9,11-13H2,(H,21,25). The van der Waals surface area contributed by atoms with E-state index in [0.29, 0.717) is 12.3 Å². The summed E-state index contributed by atoms with van der Waals surface area (Å²) in [6, 6.07) is 4.30. The van der Waals surface area contributed by atoms with Crippen LogP contribution in [0.1, 0.15) is 36.3 Å². The van der Waals surface area contributed by atoms with Crippen LogP contribution in [-0.4, -0.2) is 47.9 Å². The molecule has 0 bridgehead atoms. The number of thiazole rings is 1. The number of likely N-dealkylation sites (tertiary alicyclic amines) is 1. The van der Waals surface area contributed by atoms with Gasteiger partial charge < -0.3 is 5.32 Å². The molecular formula is C20H26N4O2S2. The number of aromatic nitrogens is 1. The fourth-order valence-corrected chi connectivity index (χ4v) is 5.42. The van der Waals surface area contributed by atoms with Crippen molar-refractivity contribution < 1.29 is 9.59 Å². The molecule has 0 spiro atoms. The molecule has 28 heavy (non-hydrogen) atoms. The maximum absolute atomic E-state index is 12.3. The lowest BCUT2D eigenvalue weighted by molar-refractivity contribution is -0.120. The Morgan fingerprint density at radius 2 is 2.11 bits per heavy atom. The van der Waals surface area contributed by atoms with Crippen LogP contribution in [-0.2, 0) is 22.6 Å². The zero-order valence-corrected chi connectivity index (χ0v) is 17.6. The van der Waals surface area contributed by atoms with E-state index < -0.39 is 0 Å². The molecule has 0 radical (unpaired) electrons. The Kier molecular flexibility index (Phi) is 6.39. The third kappa shape index (κ3) is 4.98. The van der Waals surface area contributed by atoms with Gasteiger partial charge in [-0.2, -0.15) is 0 Å². The summed E-state index contributed by atoms with van der Waals surface area (Å²) in [5.74, 6) is 0.707. The molecule has 4 rings (SSSR count). The highest BCUT2D eigenvalue weighted by atomic mass is 32.1. The SMILES string of the molecule is O=C(Cc1csc(N2CCCC2=O)n1)NCC1CCN(Cc2cccs2)CC1. The van der Waals surface area contributed by atoms with Gasteiger partial charge in [0.2, 0.25) is 11.8 Å². The largest absolute Gasteiger partial charge is 0.355 e. The molecule has 0 aliphatic carbocycles. The van der Waals surface area contributed by atoms with Gasteiger partial charge in [0, 0.05) is 36.3 Å². The Morgan fingerprint density at radius 3 is 2.82 bits per heavy atom. The predicted octanol–water partition coefficient (Wildman–Crippen LogP) is 2.90. The van der Waals surface area contributed by atoms with Crippen LogP contribution in [0, 0.1) is 5.92 Å². The van der Waals surface area contributed by atoms with Crippen molar-refractivity contribution in [2.45, 2.75) is 38.6 Å². The van der Waals surface area contributed by atoms with Gasteiger partial charge in [-0.25, -0.2) is 4.98 Å². The van der Waals surface area contributed by atoms with Crippen molar-refractivity contribution in [2.75, 3.05) is 31.1 Å². The summed E-state index contributed by atoms with van der Waals surface area (Å²) in [5.41, 5.74) is 0.753. The van der Waals surface area contributed by atoms with Gasteiger partial charge in [0.25, 0.3) is 0 Å². The number of thiophene rings is 1. The maximum Gasteiger partial charge on any atom is 0.228 e. The van der Waals surface area contributed by atoms with Crippen LogP contribution in [0.4, 0.5) is 5.13 Å². The van der Waals surface area contributed by atoms with Crippen LogP contribution in [0.2, 0.25) is 0 Å². The van der Waals surface area contributed by atoms with Crippen LogP contribution in [0.3, 0.4) is 0 Å². The maximum atomic E-state index is 12.3. The first-order valence-electron chi connectivity index (χ1n) is 9.93. The summed E-state index contributed by atoms with van der Waals surface area (Å²) in [6.45, 7) is 4.72. The number of nitrogens with zero attached hydrogens (tertiary/aromatic N) is 3. The summed E-state index contributed by atoms with van der Waals surface area (Å²) >= 11 is 3.27. The van der Waals surface area contributed by atoms with Gasteiger partial charge in [-0.3, -0.25) is 19.4 Å². The van der Waals surface area contributed by atoms with Gasteiger partial charge in [0.1, 0.15) is 0 Å². The van der Waals surface area contributed by atoms with Crippen molar-refractivity contribution in [2.24, 2.45) is 5.92 Å². The zero-order valence-electron chi connectivity index (χ0n) is 15.9. The van der Waals surface area contributed by atoms with E-state index in [1.807, 2.05) is 16.7 Å². The van der Waals surface area contributed by atoms with Crippen LogP contribution in [0.15, 0.2) is 22.9 Å². The predicted molar refractivity (Wildman–Crippen MR) is 113 cm³/mol. The van der Waals surface area contributed by atoms with E-state index in [9.17, 15) is 9.59 Å². The normalized spacial score (nSPS) is 18.7. The average molecular weight is 419 g/mol. The molecule has 1 N–H and O–H groups in total. The van der Waals surface area contributed by atoms with E-state index in [4.69, 9.17) is 0 Å². The third-order valence-electron chi connectivity index (χ3n) is 5.44. The number of rotatable bonds is 7. The van der Waals surface area contributed by atoms with E-state index in [0.717, 1.165) is 62.8 Å². The third-order valence-corrected chi connectivity index (χ3v) is 7.21. The lowest BCUT2D eigenvalue weighted by atomic mass is 9.96. The molecule has 4 heterocycles. The topological polar surface area (TPSA) is 65.5 Å². The molecule has 2 aromatic rings. The van der Waals surface area contributed by atoms with E-state index in [2.05, 4.69) is 32.7 Å². The Hall–Kier alpha value is -1.77. The Balaban J connectivity index is 1.17. The molecule has 2 saturated heterocycles. The van der Waals surface area contributed by atoms with Gasteiger partial charge in [-0.15, -0.1) is 22.7 Å². The minimum atomic E-state index is 0.0191. The highest BCUT2D eigenvalue weighted by molar-refractivity contribution is 7.14. The lowest BCUT2D eigenvalue weighted by Gasteiger charge is -2.31. The summed E-state index contributed by atoms with van der Waals surface area (Å²) in [6.07, 6.45) is 4.03. The van der Waals surface area contributed by atoms with E-state index in [-0.39, 0.29) is 18.2 Å². The molecule has 2 aliphatic rings. The highest BCUT2D eigenvalue weighted by Gasteiger charge is 2.24. The van der Waals surface area contributed by atoms with Crippen molar-refractivity contribution in [1.82, 2.24) is 15.2 Å². The van der Waals surface area contributed by atoms with Crippen LogP contribution in [0.25, 0.3) is 0 Å². The van der Waals surface area contributed by atoms with Crippen molar-refractivity contribution in [1.29, 1.82) is 0 Å². The first kappa shape index (κ1) is 19.5. The number of hydrogen-bond acceptors (Lipinski definition) is 6. The Morgan fingerprint density at radius 1 is 1.25 bits per heavy atom. The Bertz CT molecular complexity index is 797.